The number of aryl methyl sites for hydroxylation is 1. The summed E-state index contributed by atoms with van der Waals surface area (Å²) in [5, 5.41) is 13.3. The molecule has 0 aromatic heterocycles. The molecule has 0 radical (unpaired) electrons. The number of aliphatic hydroxyl groups excluding tert-OH is 1. The van der Waals surface area contributed by atoms with Gasteiger partial charge >= 0.3 is 0 Å². The van der Waals surface area contributed by atoms with Crippen LogP contribution in [0.2, 0.25) is 0 Å². The van der Waals surface area contributed by atoms with Crippen LogP contribution in [0.25, 0.3) is 0 Å². The lowest BCUT2D eigenvalue weighted by Gasteiger charge is -2.31. The smallest absolute Gasteiger partial charge is 0.220 e. The van der Waals surface area contributed by atoms with Crippen LogP contribution in [0, 0.1) is 0 Å². The summed E-state index contributed by atoms with van der Waals surface area (Å²) in [4.78, 5) is 11.5. The third-order valence-electron chi connectivity index (χ3n) is 4.04. The average molecular weight is 261 g/mol. The van der Waals surface area contributed by atoms with E-state index in [-0.39, 0.29) is 11.9 Å². The SMILES string of the molecule is CCC(=O)N[C@@H]1CCc2cc3c(cc2[C@H]1O)OCC3. The van der Waals surface area contributed by atoms with Crippen molar-refractivity contribution in [2.45, 2.75) is 44.8 Å². The highest BCUT2D eigenvalue weighted by molar-refractivity contribution is 5.76. The first-order valence-corrected chi connectivity index (χ1v) is 6.95. The van der Waals surface area contributed by atoms with Gasteiger partial charge in [-0.3, -0.25) is 4.79 Å². The molecule has 3 rings (SSSR count). The fraction of sp³-hybridized carbons (Fsp3) is 0.533. The Hall–Kier alpha value is -1.55. The predicted octanol–water partition coefficient (Wildman–Crippen LogP) is 1.50. The van der Waals surface area contributed by atoms with E-state index in [2.05, 4.69) is 11.4 Å². The average Bonchev–Trinajstić information content (AvgIpc) is 2.87. The Morgan fingerprint density at radius 3 is 3.05 bits per heavy atom. The van der Waals surface area contributed by atoms with Crippen molar-refractivity contribution in [3.8, 4) is 5.75 Å². The molecule has 1 aliphatic carbocycles. The first-order valence-electron chi connectivity index (χ1n) is 6.95. The minimum absolute atomic E-state index is 0.00934. The van der Waals surface area contributed by atoms with Gasteiger partial charge in [-0.05, 0) is 35.6 Å². The van der Waals surface area contributed by atoms with Gasteiger partial charge in [-0.2, -0.15) is 0 Å². The van der Waals surface area contributed by atoms with Gasteiger partial charge in [-0.15, -0.1) is 0 Å². The predicted molar refractivity (Wildman–Crippen MR) is 71.1 cm³/mol. The molecule has 0 unspecified atom stereocenters. The van der Waals surface area contributed by atoms with Gasteiger partial charge in [0.1, 0.15) is 5.75 Å². The number of ether oxygens (including phenoxy) is 1. The lowest BCUT2D eigenvalue weighted by Crippen LogP contribution is -2.41. The van der Waals surface area contributed by atoms with Gasteiger partial charge in [0.05, 0.1) is 18.8 Å². The van der Waals surface area contributed by atoms with Gasteiger partial charge in [0.15, 0.2) is 0 Å². The van der Waals surface area contributed by atoms with Crippen molar-refractivity contribution in [2.24, 2.45) is 0 Å². The summed E-state index contributed by atoms with van der Waals surface area (Å²) in [5.41, 5.74) is 3.34. The van der Waals surface area contributed by atoms with Crippen LogP contribution in [-0.2, 0) is 17.6 Å². The van der Waals surface area contributed by atoms with Crippen molar-refractivity contribution < 1.29 is 14.6 Å². The van der Waals surface area contributed by atoms with E-state index in [0.29, 0.717) is 6.42 Å². The number of amides is 1. The summed E-state index contributed by atoms with van der Waals surface area (Å²) in [7, 11) is 0. The molecule has 2 atom stereocenters. The molecule has 0 fully saturated rings. The molecule has 2 aliphatic rings. The van der Waals surface area contributed by atoms with Gasteiger partial charge in [-0.25, -0.2) is 0 Å². The van der Waals surface area contributed by atoms with Crippen LogP contribution < -0.4 is 10.1 Å². The second kappa shape index (κ2) is 4.85. The van der Waals surface area contributed by atoms with Crippen molar-refractivity contribution in [1.82, 2.24) is 5.32 Å². The van der Waals surface area contributed by atoms with Crippen molar-refractivity contribution in [3.05, 3.63) is 28.8 Å². The van der Waals surface area contributed by atoms with E-state index in [1.54, 1.807) is 0 Å². The topological polar surface area (TPSA) is 58.6 Å². The van der Waals surface area contributed by atoms with Gasteiger partial charge in [0.25, 0.3) is 0 Å². The summed E-state index contributed by atoms with van der Waals surface area (Å²) < 4.78 is 5.55. The van der Waals surface area contributed by atoms with Gasteiger partial charge in [0.2, 0.25) is 5.91 Å². The first kappa shape index (κ1) is 12.5. The van der Waals surface area contributed by atoms with Crippen LogP contribution in [0.4, 0.5) is 0 Å². The third kappa shape index (κ3) is 2.21. The molecule has 4 nitrogen and oxygen atoms in total. The molecule has 0 bridgehead atoms. The fourth-order valence-corrected chi connectivity index (χ4v) is 2.93. The summed E-state index contributed by atoms with van der Waals surface area (Å²) in [6.45, 7) is 2.55. The van der Waals surface area contributed by atoms with E-state index in [4.69, 9.17) is 4.74 Å². The molecule has 0 saturated heterocycles. The van der Waals surface area contributed by atoms with E-state index in [0.717, 1.165) is 37.2 Å². The zero-order chi connectivity index (χ0) is 13.4. The molecule has 0 saturated carbocycles. The normalized spacial score (nSPS) is 24.3. The number of carbonyl (C=O) groups is 1. The quantitative estimate of drug-likeness (QED) is 0.848. The molecule has 2 N–H and O–H groups in total. The largest absolute Gasteiger partial charge is 0.493 e. The van der Waals surface area contributed by atoms with E-state index in [1.807, 2.05) is 13.0 Å². The number of nitrogens with one attached hydrogen (secondary N) is 1. The highest BCUT2D eigenvalue weighted by atomic mass is 16.5. The Morgan fingerprint density at radius 2 is 2.26 bits per heavy atom. The van der Waals surface area contributed by atoms with Crippen LogP contribution in [0.5, 0.6) is 5.75 Å². The van der Waals surface area contributed by atoms with Crippen LogP contribution in [0.3, 0.4) is 0 Å². The Bertz CT molecular complexity index is 512. The van der Waals surface area contributed by atoms with Crippen LogP contribution in [-0.4, -0.2) is 23.7 Å². The lowest BCUT2D eigenvalue weighted by atomic mass is 9.84. The van der Waals surface area contributed by atoms with E-state index in [1.165, 1.54) is 11.1 Å². The second-order valence-electron chi connectivity index (χ2n) is 5.27. The number of hydrogen-bond acceptors (Lipinski definition) is 3. The summed E-state index contributed by atoms with van der Waals surface area (Å²) in [6.07, 6.45) is 2.46. The Labute approximate surface area is 112 Å². The Morgan fingerprint density at radius 1 is 1.42 bits per heavy atom. The molecular weight excluding hydrogens is 242 g/mol. The molecule has 1 amide bonds. The van der Waals surface area contributed by atoms with Gasteiger partial charge in [-0.1, -0.05) is 13.0 Å². The van der Waals surface area contributed by atoms with Crippen molar-refractivity contribution >= 4 is 5.91 Å². The molecule has 4 heteroatoms. The molecular formula is C15H19NO3. The maximum Gasteiger partial charge on any atom is 0.220 e. The number of aliphatic hydroxyl groups is 1. The third-order valence-corrected chi connectivity index (χ3v) is 4.04. The van der Waals surface area contributed by atoms with E-state index in [9.17, 15) is 9.90 Å². The molecule has 1 heterocycles. The highest BCUT2D eigenvalue weighted by Gasteiger charge is 2.30. The minimum Gasteiger partial charge on any atom is -0.493 e. The number of hydrogen-bond donors (Lipinski definition) is 2. The molecule has 1 aromatic carbocycles. The molecule has 102 valence electrons. The van der Waals surface area contributed by atoms with Crippen molar-refractivity contribution in [2.75, 3.05) is 6.61 Å². The Balaban J connectivity index is 1.86. The molecule has 1 aromatic rings. The highest BCUT2D eigenvalue weighted by Crippen LogP contribution is 2.36. The zero-order valence-electron chi connectivity index (χ0n) is 11.1. The molecule has 0 spiro atoms. The second-order valence-corrected chi connectivity index (χ2v) is 5.27. The van der Waals surface area contributed by atoms with Gasteiger partial charge in [0, 0.05) is 12.8 Å². The fourth-order valence-electron chi connectivity index (χ4n) is 2.93. The molecule has 1 aliphatic heterocycles. The first-order chi connectivity index (χ1) is 9.19. The monoisotopic (exact) mass is 261 g/mol. The van der Waals surface area contributed by atoms with Crippen molar-refractivity contribution in [3.63, 3.8) is 0 Å². The van der Waals surface area contributed by atoms with Crippen LogP contribution in [0.15, 0.2) is 12.1 Å². The number of rotatable bonds is 2. The summed E-state index contributed by atoms with van der Waals surface area (Å²) in [5.74, 6) is 0.880. The number of fused-ring (bicyclic) bond motifs is 2. The van der Waals surface area contributed by atoms with Crippen molar-refractivity contribution in [1.29, 1.82) is 0 Å². The minimum atomic E-state index is -0.631. The number of benzene rings is 1. The van der Waals surface area contributed by atoms with Gasteiger partial charge < -0.3 is 15.2 Å². The standard InChI is InChI=1S/C15H19NO3/c1-2-14(17)16-12-4-3-9-7-10-5-6-19-13(10)8-11(9)15(12)18/h7-8,12,15,18H,2-6H2,1H3,(H,16,17)/t12-,15-/m1/s1. The van der Waals surface area contributed by atoms with E-state index < -0.39 is 6.10 Å². The number of carbonyl (C=O) groups excluding carboxylic acids is 1. The van der Waals surface area contributed by atoms with Crippen LogP contribution in [0.1, 0.15) is 42.6 Å². The van der Waals surface area contributed by atoms with E-state index >= 15 is 0 Å². The summed E-state index contributed by atoms with van der Waals surface area (Å²) in [6, 6.07) is 3.92. The van der Waals surface area contributed by atoms with Crippen LogP contribution >= 0.6 is 0 Å². The Kier molecular flexibility index (Phi) is 3.19. The molecule has 19 heavy (non-hydrogen) atoms. The zero-order valence-corrected chi connectivity index (χ0v) is 11.1. The maximum atomic E-state index is 11.5. The summed E-state index contributed by atoms with van der Waals surface area (Å²) >= 11 is 0. The lowest BCUT2D eigenvalue weighted by molar-refractivity contribution is -0.122. The maximum absolute atomic E-state index is 11.5.